The zero-order valence-corrected chi connectivity index (χ0v) is 9.76. The maximum Gasteiger partial charge on any atom is 0.257 e. The van der Waals surface area contributed by atoms with Crippen LogP contribution in [-0.2, 0) is 6.42 Å². The number of nitrogens with zero attached hydrogens (tertiary/aromatic N) is 1. The Morgan fingerprint density at radius 3 is 2.73 bits per heavy atom. The highest BCUT2D eigenvalue weighted by molar-refractivity contribution is 5.96. The Labute approximate surface area is 90.0 Å². The molecule has 0 aliphatic heterocycles. The molecule has 0 aliphatic carbocycles. The van der Waals surface area contributed by atoms with Crippen molar-refractivity contribution in [2.75, 3.05) is 0 Å². The van der Waals surface area contributed by atoms with Crippen molar-refractivity contribution in [3.63, 3.8) is 0 Å². The van der Waals surface area contributed by atoms with Gasteiger partial charge in [0.15, 0.2) is 0 Å². The van der Waals surface area contributed by atoms with Crippen LogP contribution in [0.5, 0.6) is 0 Å². The Hall–Kier alpha value is -1.32. The highest BCUT2D eigenvalue weighted by Crippen LogP contribution is 2.13. The number of hydrogen-bond donors (Lipinski definition) is 1. The monoisotopic (exact) mass is 210 g/mol. The molecule has 84 valence electrons. The van der Waals surface area contributed by atoms with Crippen LogP contribution in [0.3, 0.4) is 0 Å². The second kappa shape index (κ2) is 4.96. The van der Waals surface area contributed by atoms with E-state index in [4.69, 9.17) is 4.52 Å². The van der Waals surface area contributed by atoms with Crippen molar-refractivity contribution in [1.82, 2.24) is 10.5 Å². The minimum absolute atomic E-state index is 0.0834. The van der Waals surface area contributed by atoms with Crippen LogP contribution in [0.15, 0.2) is 4.52 Å². The summed E-state index contributed by atoms with van der Waals surface area (Å²) in [6.07, 6.45) is 1.62. The summed E-state index contributed by atoms with van der Waals surface area (Å²) in [5.74, 6) is 0.507. The molecule has 1 aromatic heterocycles. The molecule has 0 bridgehead atoms. The molecular formula is C11H18N2O2. The van der Waals surface area contributed by atoms with Crippen molar-refractivity contribution in [2.45, 2.75) is 46.6 Å². The largest absolute Gasteiger partial charge is 0.361 e. The lowest BCUT2D eigenvalue weighted by molar-refractivity contribution is 0.0937. The van der Waals surface area contributed by atoms with Crippen molar-refractivity contribution >= 4 is 5.91 Å². The van der Waals surface area contributed by atoms with Gasteiger partial charge in [-0.2, -0.15) is 0 Å². The van der Waals surface area contributed by atoms with Gasteiger partial charge in [-0.05, 0) is 26.7 Å². The molecule has 0 fully saturated rings. The predicted octanol–water partition coefficient (Wildman–Crippen LogP) is 2.07. The van der Waals surface area contributed by atoms with E-state index in [9.17, 15) is 4.79 Å². The highest BCUT2D eigenvalue weighted by Gasteiger charge is 2.19. The normalized spacial score (nSPS) is 12.5. The van der Waals surface area contributed by atoms with Crippen LogP contribution in [0.25, 0.3) is 0 Å². The molecule has 1 amide bonds. The van der Waals surface area contributed by atoms with E-state index >= 15 is 0 Å². The van der Waals surface area contributed by atoms with E-state index in [1.165, 1.54) is 0 Å². The second-order valence-electron chi connectivity index (χ2n) is 3.70. The quantitative estimate of drug-likeness (QED) is 0.827. The lowest BCUT2D eigenvalue weighted by Crippen LogP contribution is -2.32. The Morgan fingerprint density at radius 2 is 2.20 bits per heavy atom. The van der Waals surface area contributed by atoms with Gasteiger partial charge in [0.25, 0.3) is 5.91 Å². The predicted molar refractivity (Wildman–Crippen MR) is 57.8 cm³/mol. The first-order valence-electron chi connectivity index (χ1n) is 5.36. The maximum absolute atomic E-state index is 11.9. The fourth-order valence-corrected chi connectivity index (χ4v) is 1.35. The van der Waals surface area contributed by atoms with Crippen LogP contribution in [0, 0.1) is 6.92 Å². The summed E-state index contributed by atoms with van der Waals surface area (Å²) in [5, 5.41) is 6.76. The molecule has 0 aromatic carbocycles. The molecule has 15 heavy (non-hydrogen) atoms. The molecule has 0 unspecified atom stereocenters. The van der Waals surface area contributed by atoms with Gasteiger partial charge in [-0.3, -0.25) is 4.79 Å². The first-order chi connectivity index (χ1) is 7.10. The van der Waals surface area contributed by atoms with E-state index in [0.29, 0.717) is 17.7 Å². The average molecular weight is 210 g/mol. The van der Waals surface area contributed by atoms with Gasteiger partial charge >= 0.3 is 0 Å². The molecule has 0 saturated carbocycles. The van der Waals surface area contributed by atoms with Gasteiger partial charge in [-0.15, -0.1) is 0 Å². The van der Waals surface area contributed by atoms with Gasteiger partial charge in [0.1, 0.15) is 11.3 Å². The number of aryl methyl sites for hydroxylation is 2. The third-order valence-corrected chi connectivity index (χ3v) is 2.49. The molecule has 1 heterocycles. The van der Waals surface area contributed by atoms with Crippen LogP contribution < -0.4 is 5.32 Å². The summed E-state index contributed by atoms with van der Waals surface area (Å²) in [7, 11) is 0. The summed E-state index contributed by atoms with van der Waals surface area (Å²) >= 11 is 0. The van der Waals surface area contributed by atoms with E-state index in [-0.39, 0.29) is 11.9 Å². The van der Waals surface area contributed by atoms with Gasteiger partial charge in [-0.25, -0.2) is 0 Å². The first-order valence-corrected chi connectivity index (χ1v) is 5.36. The van der Waals surface area contributed by atoms with Crippen LogP contribution in [0.4, 0.5) is 0 Å². The molecule has 1 atom stereocenters. The topological polar surface area (TPSA) is 55.1 Å². The molecule has 0 spiro atoms. The van der Waals surface area contributed by atoms with Crippen molar-refractivity contribution in [3.05, 3.63) is 17.0 Å². The smallest absolute Gasteiger partial charge is 0.257 e. The summed E-state index contributed by atoms with van der Waals surface area (Å²) < 4.78 is 5.01. The van der Waals surface area contributed by atoms with E-state index in [2.05, 4.69) is 10.5 Å². The van der Waals surface area contributed by atoms with Crippen LogP contribution >= 0.6 is 0 Å². The Kier molecular flexibility index (Phi) is 3.88. The average Bonchev–Trinajstić information content (AvgIpc) is 2.59. The van der Waals surface area contributed by atoms with E-state index in [0.717, 1.165) is 12.1 Å². The fraction of sp³-hybridized carbons (Fsp3) is 0.636. The molecule has 0 radical (unpaired) electrons. The van der Waals surface area contributed by atoms with Gasteiger partial charge in [0.2, 0.25) is 0 Å². The molecule has 0 saturated heterocycles. The number of amides is 1. The first kappa shape index (κ1) is 11.8. The zero-order valence-electron chi connectivity index (χ0n) is 9.76. The lowest BCUT2D eigenvalue weighted by atomic mass is 10.1. The lowest BCUT2D eigenvalue weighted by Gasteiger charge is -2.10. The SMILES string of the molecule is CCc1noc(C)c1C(=O)N[C@@H](C)CC. The summed E-state index contributed by atoms with van der Waals surface area (Å²) in [5.41, 5.74) is 1.33. The van der Waals surface area contributed by atoms with Gasteiger partial charge < -0.3 is 9.84 Å². The van der Waals surface area contributed by atoms with Crippen molar-refractivity contribution in [3.8, 4) is 0 Å². The standard InChI is InChI=1S/C11H18N2O2/c1-5-7(3)12-11(14)10-8(4)15-13-9(10)6-2/h7H,5-6H2,1-4H3,(H,12,14)/t7-/m0/s1. The number of nitrogens with one attached hydrogen (secondary N) is 1. The number of carbonyl (C=O) groups excluding carboxylic acids is 1. The van der Waals surface area contributed by atoms with Gasteiger partial charge in [-0.1, -0.05) is 19.0 Å². The molecule has 4 nitrogen and oxygen atoms in total. The number of carbonyl (C=O) groups is 1. The molecular weight excluding hydrogens is 192 g/mol. The summed E-state index contributed by atoms with van der Waals surface area (Å²) in [4.78, 5) is 11.9. The van der Waals surface area contributed by atoms with E-state index < -0.39 is 0 Å². The maximum atomic E-state index is 11.9. The van der Waals surface area contributed by atoms with E-state index in [1.807, 2.05) is 20.8 Å². The molecule has 1 N–H and O–H groups in total. The Morgan fingerprint density at radius 1 is 1.53 bits per heavy atom. The second-order valence-corrected chi connectivity index (χ2v) is 3.70. The Bertz CT molecular complexity index is 344. The van der Waals surface area contributed by atoms with Crippen molar-refractivity contribution in [2.24, 2.45) is 0 Å². The molecule has 4 heteroatoms. The van der Waals surface area contributed by atoms with E-state index in [1.54, 1.807) is 6.92 Å². The summed E-state index contributed by atoms with van der Waals surface area (Å²) in [6, 6.07) is 0.177. The number of hydrogen-bond acceptors (Lipinski definition) is 3. The molecule has 1 rings (SSSR count). The van der Waals surface area contributed by atoms with Crippen molar-refractivity contribution < 1.29 is 9.32 Å². The van der Waals surface area contributed by atoms with Gasteiger partial charge in [0, 0.05) is 6.04 Å². The minimum atomic E-state index is -0.0834. The van der Waals surface area contributed by atoms with Crippen LogP contribution in [0.1, 0.15) is 49.0 Å². The molecule has 0 aliphatic rings. The summed E-state index contributed by atoms with van der Waals surface area (Å²) in [6.45, 7) is 7.73. The fourth-order valence-electron chi connectivity index (χ4n) is 1.35. The minimum Gasteiger partial charge on any atom is -0.361 e. The van der Waals surface area contributed by atoms with Crippen LogP contribution in [0.2, 0.25) is 0 Å². The third kappa shape index (κ3) is 2.58. The third-order valence-electron chi connectivity index (χ3n) is 2.49. The number of rotatable bonds is 4. The Balaban J connectivity index is 2.85. The van der Waals surface area contributed by atoms with Crippen LogP contribution in [-0.4, -0.2) is 17.1 Å². The highest BCUT2D eigenvalue weighted by atomic mass is 16.5. The molecule has 1 aromatic rings. The zero-order chi connectivity index (χ0) is 11.4. The van der Waals surface area contributed by atoms with Gasteiger partial charge in [0.05, 0.1) is 5.69 Å². The number of aromatic nitrogens is 1. The van der Waals surface area contributed by atoms with Crippen molar-refractivity contribution in [1.29, 1.82) is 0 Å².